The number of rotatable bonds is 3. The number of pyridine rings is 1. The van der Waals surface area contributed by atoms with E-state index in [0.29, 0.717) is 17.2 Å². The lowest BCUT2D eigenvalue weighted by atomic mass is 9.94. The lowest BCUT2D eigenvalue weighted by Crippen LogP contribution is -2.47. The zero-order valence-electron chi connectivity index (χ0n) is 13.8. The van der Waals surface area contributed by atoms with Gasteiger partial charge in [0.1, 0.15) is 11.8 Å². The Kier molecular flexibility index (Phi) is 4.47. The van der Waals surface area contributed by atoms with Crippen LogP contribution >= 0.6 is 11.3 Å². The molecule has 0 radical (unpaired) electrons. The maximum atomic E-state index is 12.9. The van der Waals surface area contributed by atoms with Gasteiger partial charge in [-0.15, -0.1) is 11.3 Å². The Morgan fingerprint density at radius 3 is 2.92 bits per heavy atom. The lowest BCUT2D eigenvalue weighted by Gasteiger charge is -2.36. The Bertz CT molecular complexity index is 783. The van der Waals surface area contributed by atoms with Crippen molar-refractivity contribution in [2.45, 2.75) is 25.4 Å². The molecular weight excluding hydrogens is 334 g/mol. The van der Waals surface area contributed by atoms with Gasteiger partial charge in [0, 0.05) is 43.8 Å². The Labute approximate surface area is 150 Å². The first-order valence-electron chi connectivity index (χ1n) is 8.49. The van der Waals surface area contributed by atoms with E-state index < -0.39 is 0 Å². The molecule has 1 amide bonds. The third-order valence-electron chi connectivity index (χ3n) is 5.04. The molecule has 6 nitrogen and oxygen atoms in total. The van der Waals surface area contributed by atoms with Crippen LogP contribution in [-0.4, -0.2) is 51.4 Å². The summed E-state index contributed by atoms with van der Waals surface area (Å²) in [5, 5.41) is 11.0. The van der Waals surface area contributed by atoms with Crippen LogP contribution in [0.4, 0.5) is 0 Å². The van der Waals surface area contributed by atoms with E-state index in [4.69, 9.17) is 5.26 Å². The number of piperidine rings is 1. The average molecular weight is 353 g/mol. The highest BCUT2D eigenvalue weighted by Gasteiger charge is 2.37. The van der Waals surface area contributed by atoms with Gasteiger partial charge in [0.05, 0.1) is 16.8 Å². The zero-order valence-corrected chi connectivity index (χ0v) is 14.7. The molecule has 5 rings (SSSR count). The fourth-order valence-corrected chi connectivity index (χ4v) is 4.40. The molecule has 25 heavy (non-hydrogen) atoms. The summed E-state index contributed by atoms with van der Waals surface area (Å²) < 4.78 is 0. The summed E-state index contributed by atoms with van der Waals surface area (Å²) in [5.41, 5.74) is 3.89. The van der Waals surface area contributed by atoms with Gasteiger partial charge in [0.25, 0.3) is 5.91 Å². The second kappa shape index (κ2) is 6.90. The van der Waals surface area contributed by atoms with Crippen LogP contribution in [0.25, 0.3) is 0 Å². The first kappa shape index (κ1) is 16.2. The van der Waals surface area contributed by atoms with Crippen LogP contribution in [0, 0.1) is 17.2 Å². The summed E-state index contributed by atoms with van der Waals surface area (Å²) >= 11 is 1.62. The van der Waals surface area contributed by atoms with Crippen molar-refractivity contribution in [3.63, 3.8) is 0 Å². The number of hydrogen-bond donors (Lipinski definition) is 0. The SMILES string of the molecule is N#Cc1ccc(C(=O)N2C[C@H]3CC[C@@H]2CN(Cc2cscn2)C3)cn1. The van der Waals surface area contributed by atoms with Crippen LogP contribution in [0.1, 0.15) is 34.6 Å². The van der Waals surface area contributed by atoms with Crippen LogP contribution in [0.2, 0.25) is 0 Å². The summed E-state index contributed by atoms with van der Waals surface area (Å²) in [5.74, 6) is 0.537. The second-order valence-electron chi connectivity index (χ2n) is 6.77. The number of nitrogens with zero attached hydrogens (tertiary/aromatic N) is 5. The fourth-order valence-electron chi connectivity index (χ4n) is 3.85. The predicted molar refractivity (Wildman–Crippen MR) is 93.9 cm³/mol. The number of fused-ring (bicyclic) bond motifs is 4. The number of carbonyl (C=O) groups excluding carboxylic acids is 1. The number of amides is 1. The highest BCUT2D eigenvalue weighted by Crippen LogP contribution is 2.29. The molecule has 7 heteroatoms. The van der Waals surface area contributed by atoms with Crippen LogP contribution in [-0.2, 0) is 6.54 Å². The summed E-state index contributed by atoms with van der Waals surface area (Å²) in [6.07, 6.45) is 3.74. The highest BCUT2D eigenvalue weighted by atomic mass is 32.1. The average Bonchev–Trinajstić information content (AvgIpc) is 3.00. The predicted octanol–water partition coefficient (Wildman–Crippen LogP) is 2.15. The van der Waals surface area contributed by atoms with E-state index in [1.165, 1.54) is 12.6 Å². The van der Waals surface area contributed by atoms with E-state index in [2.05, 4.69) is 20.2 Å². The van der Waals surface area contributed by atoms with Crippen LogP contribution in [0.3, 0.4) is 0 Å². The number of nitriles is 1. The number of aromatic nitrogens is 2. The maximum Gasteiger partial charge on any atom is 0.255 e. The van der Waals surface area contributed by atoms with E-state index in [9.17, 15) is 4.79 Å². The first-order chi connectivity index (χ1) is 12.2. The van der Waals surface area contributed by atoms with Crippen LogP contribution in [0.15, 0.2) is 29.2 Å². The molecule has 2 aromatic heterocycles. The Morgan fingerprint density at radius 1 is 1.28 bits per heavy atom. The van der Waals surface area contributed by atoms with Crippen molar-refractivity contribution in [2.75, 3.05) is 19.6 Å². The molecule has 3 aliphatic heterocycles. The topological polar surface area (TPSA) is 73.1 Å². The largest absolute Gasteiger partial charge is 0.334 e. The monoisotopic (exact) mass is 353 g/mol. The van der Waals surface area contributed by atoms with Crippen molar-refractivity contribution in [3.05, 3.63) is 46.2 Å². The zero-order chi connectivity index (χ0) is 17.2. The van der Waals surface area contributed by atoms with Gasteiger partial charge in [0.15, 0.2) is 0 Å². The molecule has 2 atom stereocenters. The number of carbonyl (C=O) groups is 1. The normalized spacial score (nSPS) is 23.2. The number of thiazole rings is 1. The van der Waals surface area contributed by atoms with Gasteiger partial charge in [-0.3, -0.25) is 9.69 Å². The molecule has 2 bridgehead atoms. The summed E-state index contributed by atoms with van der Waals surface area (Å²) in [7, 11) is 0. The molecule has 0 aromatic carbocycles. The van der Waals surface area contributed by atoms with Gasteiger partial charge in [-0.25, -0.2) is 9.97 Å². The number of hydrogen-bond acceptors (Lipinski definition) is 6. The highest BCUT2D eigenvalue weighted by molar-refractivity contribution is 7.07. The third kappa shape index (κ3) is 3.41. The van der Waals surface area contributed by atoms with Crippen molar-refractivity contribution < 1.29 is 4.79 Å². The van der Waals surface area contributed by atoms with E-state index in [1.54, 1.807) is 23.5 Å². The molecule has 0 unspecified atom stereocenters. The van der Waals surface area contributed by atoms with Crippen molar-refractivity contribution in [2.24, 2.45) is 5.92 Å². The molecule has 3 fully saturated rings. The summed E-state index contributed by atoms with van der Waals surface area (Å²) in [6, 6.07) is 5.54. The minimum Gasteiger partial charge on any atom is -0.334 e. The van der Waals surface area contributed by atoms with Crippen LogP contribution in [0.5, 0.6) is 0 Å². The Balaban J connectivity index is 1.49. The minimum absolute atomic E-state index is 0.0298. The van der Waals surface area contributed by atoms with Crippen molar-refractivity contribution >= 4 is 17.2 Å². The minimum atomic E-state index is 0.0298. The third-order valence-corrected chi connectivity index (χ3v) is 5.68. The molecule has 0 N–H and O–H groups in total. The van der Waals surface area contributed by atoms with E-state index in [1.807, 2.05) is 16.5 Å². The molecule has 128 valence electrons. The second-order valence-corrected chi connectivity index (χ2v) is 7.49. The standard InChI is InChI=1S/C18H19N5OS/c19-5-15-3-2-14(6-20-15)18(24)23-8-13-1-4-17(23)10-22(7-13)9-16-11-25-12-21-16/h2-3,6,11-13,17H,1,4,7-10H2/t13-,17+/m0/s1. The van der Waals surface area contributed by atoms with Gasteiger partial charge in [-0.2, -0.15) is 5.26 Å². The van der Waals surface area contributed by atoms with E-state index >= 15 is 0 Å². The molecule has 0 aliphatic carbocycles. The lowest BCUT2D eigenvalue weighted by molar-refractivity contribution is 0.0584. The Hall–Kier alpha value is -2.30. The van der Waals surface area contributed by atoms with E-state index in [-0.39, 0.29) is 11.9 Å². The smallest absolute Gasteiger partial charge is 0.255 e. The summed E-state index contributed by atoms with van der Waals surface area (Å²) in [6.45, 7) is 3.57. The van der Waals surface area contributed by atoms with Gasteiger partial charge < -0.3 is 4.90 Å². The first-order valence-corrected chi connectivity index (χ1v) is 9.44. The maximum absolute atomic E-state index is 12.9. The molecule has 0 spiro atoms. The molecule has 2 aromatic rings. The molecule has 5 heterocycles. The van der Waals surface area contributed by atoms with Crippen molar-refractivity contribution in [1.82, 2.24) is 19.8 Å². The van der Waals surface area contributed by atoms with Gasteiger partial charge in [-0.05, 0) is 30.9 Å². The molecule has 3 saturated heterocycles. The summed E-state index contributed by atoms with van der Waals surface area (Å²) in [4.78, 5) is 25.8. The Morgan fingerprint density at radius 2 is 2.20 bits per heavy atom. The molecule has 0 saturated carbocycles. The van der Waals surface area contributed by atoms with Gasteiger partial charge in [0.2, 0.25) is 0 Å². The molecular formula is C18H19N5OS. The van der Waals surface area contributed by atoms with Gasteiger partial charge >= 0.3 is 0 Å². The quantitative estimate of drug-likeness (QED) is 0.845. The van der Waals surface area contributed by atoms with E-state index in [0.717, 1.165) is 38.3 Å². The van der Waals surface area contributed by atoms with Crippen molar-refractivity contribution in [3.8, 4) is 6.07 Å². The van der Waals surface area contributed by atoms with Crippen LogP contribution < -0.4 is 0 Å². The van der Waals surface area contributed by atoms with Gasteiger partial charge in [-0.1, -0.05) is 0 Å². The molecule has 3 aliphatic rings. The van der Waals surface area contributed by atoms with Crippen molar-refractivity contribution in [1.29, 1.82) is 5.26 Å². The fraction of sp³-hybridized carbons (Fsp3) is 0.444.